The van der Waals surface area contributed by atoms with Crippen molar-refractivity contribution >= 4 is 16.6 Å². The predicted octanol–water partition coefficient (Wildman–Crippen LogP) is 4.77. The molecule has 218 valence electrons. The Balaban J connectivity index is 0.00000210. The zero-order valence-electron chi connectivity index (χ0n) is 26.3. The van der Waals surface area contributed by atoms with Gasteiger partial charge in [0.15, 0.2) is 0 Å². The molecule has 2 atom stereocenters. The minimum Gasteiger partial charge on any atom is -1.00 e. The molecular formula is C32H52Cl2HfO2Si2. The van der Waals surface area contributed by atoms with Gasteiger partial charge in [0.25, 0.3) is 0 Å². The van der Waals surface area contributed by atoms with Crippen molar-refractivity contribution in [1.82, 2.24) is 0 Å². The van der Waals surface area contributed by atoms with Crippen LogP contribution >= 0.6 is 0 Å². The van der Waals surface area contributed by atoms with E-state index in [9.17, 15) is 0 Å². The molecule has 0 aromatic heterocycles. The first kappa shape index (κ1) is 33.9. The first-order chi connectivity index (χ1) is 17.1. The third kappa shape index (κ3) is 6.11. The molecule has 1 aliphatic heterocycles. The Morgan fingerprint density at radius 2 is 0.872 bits per heavy atom. The second-order valence-corrected chi connectivity index (χ2v) is 30.2. The van der Waals surface area contributed by atoms with E-state index in [1.54, 1.807) is 22.3 Å². The average Bonchev–Trinajstić information content (AvgIpc) is 3.24. The largest absolute Gasteiger partial charge is 1.00 e. The minimum absolute atomic E-state index is 0. The Labute approximate surface area is 265 Å². The van der Waals surface area contributed by atoms with E-state index >= 15 is 0 Å². The van der Waals surface area contributed by atoms with Crippen LogP contribution < -0.4 is 24.8 Å². The van der Waals surface area contributed by atoms with Crippen LogP contribution in [0.1, 0.15) is 106 Å². The first-order valence-corrected chi connectivity index (χ1v) is 25.1. The van der Waals surface area contributed by atoms with Gasteiger partial charge in [0.2, 0.25) is 0 Å². The molecule has 2 nitrogen and oxygen atoms in total. The Hall–Kier alpha value is 0.444. The van der Waals surface area contributed by atoms with E-state index < -0.39 is 39.5 Å². The maximum atomic E-state index is 7.41. The van der Waals surface area contributed by atoms with E-state index in [2.05, 4.69) is 67.7 Å². The monoisotopic (exact) mass is 774 g/mol. The fraction of sp³-hybridized carbons (Fsp3) is 0.750. The van der Waals surface area contributed by atoms with E-state index in [0.717, 1.165) is 0 Å². The fourth-order valence-electron chi connectivity index (χ4n) is 6.56. The molecule has 0 saturated heterocycles. The molecule has 4 bridgehead atoms. The van der Waals surface area contributed by atoms with E-state index in [4.69, 9.17) is 8.85 Å². The van der Waals surface area contributed by atoms with Crippen LogP contribution in [0.15, 0.2) is 45.0 Å². The molecular weight excluding hydrogens is 722 g/mol. The topological polar surface area (TPSA) is 18.5 Å². The maximum Gasteiger partial charge on any atom is -1.00 e. The van der Waals surface area contributed by atoms with Gasteiger partial charge in [-0.1, -0.05) is 0 Å². The Morgan fingerprint density at radius 3 is 1.21 bits per heavy atom. The van der Waals surface area contributed by atoms with Crippen molar-refractivity contribution in [2.24, 2.45) is 0 Å². The van der Waals surface area contributed by atoms with Gasteiger partial charge in [0, 0.05) is 0 Å². The summed E-state index contributed by atoms with van der Waals surface area (Å²) in [5.41, 5.74) is 10.6. The fourth-order valence-corrected chi connectivity index (χ4v) is 17.3. The van der Waals surface area contributed by atoms with Gasteiger partial charge < -0.3 is 24.8 Å². The zero-order valence-corrected chi connectivity index (χ0v) is 33.4. The molecule has 0 aromatic rings. The van der Waals surface area contributed by atoms with Crippen molar-refractivity contribution < 1.29 is 56.6 Å². The molecule has 0 spiro atoms. The molecule has 0 radical (unpaired) electrons. The van der Waals surface area contributed by atoms with E-state index in [1.165, 1.54) is 75.7 Å². The molecule has 7 heteroatoms. The van der Waals surface area contributed by atoms with Crippen LogP contribution in [0.5, 0.6) is 0 Å². The minimum atomic E-state index is -1.89. The van der Waals surface area contributed by atoms with Crippen molar-refractivity contribution in [3.8, 4) is 0 Å². The summed E-state index contributed by atoms with van der Waals surface area (Å²) in [5, 5.41) is 0.477. The summed E-state index contributed by atoms with van der Waals surface area (Å²) < 4.78 is 16.1. The second-order valence-electron chi connectivity index (χ2n) is 15.4. The van der Waals surface area contributed by atoms with Gasteiger partial charge in [0.1, 0.15) is 0 Å². The Bertz CT molecular complexity index is 1020. The van der Waals surface area contributed by atoms with Crippen LogP contribution in [0, 0.1) is 0 Å². The predicted molar refractivity (Wildman–Crippen MR) is 158 cm³/mol. The molecule has 0 amide bonds. The van der Waals surface area contributed by atoms with Gasteiger partial charge in [0.05, 0.1) is 0 Å². The average molecular weight is 774 g/mol. The van der Waals surface area contributed by atoms with Gasteiger partial charge in [-0.15, -0.1) is 0 Å². The SMILES string of the molecule is CC(C)(C)[Si](C)(C)OC1=C2CCC3=C(O[Si](C)(C)C(C)(C)C)[C@@H]([Hf+2][C@@H]1C1=C2CCCC1)C1=C3CCCC1.[Cl-].[Cl-]. The van der Waals surface area contributed by atoms with Crippen molar-refractivity contribution in [3.05, 3.63) is 45.0 Å². The smallest absolute Gasteiger partial charge is 1.00 e. The molecule has 0 aromatic carbocycles. The zero-order chi connectivity index (χ0) is 27.0. The number of halogens is 2. The summed E-state index contributed by atoms with van der Waals surface area (Å²) in [6.45, 7) is 24.3. The van der Waals surface area contributed by atoms with Gasteiger partial charge in [-0.2, -0.15) is 0 Å². The number of hydrogen-bond acceptors (Lipinski definition) is 2. The summed E-state index contributed by atoms with van der Waals surface area (Å²) >= 11 is -1.24. The molecule has 0 saturated carbocycles. The number of allylic oxidation sites excluding steroid dienone is 6. The first-order valence-electron chi connectivity index (χ1n) is 15.2. The van der Waals surface area contributed by atoms with E-state index in [0.29, 0.717) is 7.35 Å². The molecule has 0 N–H and O–H groups in total. The van der Waals surface area contributed by atoms with E-state index in [1.807, 2.05) is 11.1 Å². The standard InChI is InChI=1S/C32H52O2Si2.2ClH.Hf/c1-31(2,3)35(7,8)33-29-21-23-15-11-13-17-25(23)27(29)19-20-28-26-18-14-12-16-24(26)22-30(28)34-36(9,10)32(4,5)6;;;/h21-22H,11-20H2,1-10H3;2*1H;/q;;;+2/p-2. The van der Waals surface area contributed by atoms with Crippen molar-refractivity contribution in [2.45, 2.75) is 149 Å². The number of fused-ring (bicyclic) bond motifs is 6. The van der Waals surface area contributed by atoms with Crippen LogP contribution in [0.4, 0.5) is 0 Å². The van der Waals surface area contributed by atoms with Gasteiger partial charge >= 0.3 is 243 Å². The number of rotatable bonds is 4. The third-order valence-corrected chi connectivity index (χ3v) is 26.3. The van der Waals surface area contributed by atoms with Crippen LogP contribution in [0.2, 0.25) is 43.6 Å². The summed E-state index contributed by atoms with van der Waals surface area (Å²) in [6, 6.07) is 0. The van der Waals surface area contributed by atoms with Crippen LogP contribution in [0.25, 0.3) is 0 Å². The second kappa shape index (κ2) is 11.8. The number of hydrogen-bond donors (Lipinski definition) is 0. The van der Waals surface area contributed by atoms with Gasteiger partial charge in [-0.3, -0.25) is 0 Å². The van der Waals surface area contributed by atoms with E-state index in [-0.39, 0.29) is 34.9 Å². The van der Waals surface area contributed by atoms with Crippen molar-refractivity contribution in [2.75, 3.05) is 0 Å². The normalized spacial score (nSPS) is 25.4. The van der Waals surface area contributed by atoms with Crippen LogP contribution in [-0.2, 0) is 31.8 Å². The summed E-state index contributed by atoms with van der Waals surface area (Å²) in [4.78, 5) is 0. The van der Waals surface area contributed by atoms with Crippen molar-refractivity contribution in [1.29, 1.82) is 0 Å². The summed E-state index contributed by atoms with van der Waals surface area (Å²) in [6.07, 6.45) is 13.1. The van der Waals surface area contributed by atoms with Crippen LogP contribution in [0.3, 0.4) is 0 Å². The molecule has 0 unspecified atom stereocenters. The van der Waals surface area contributed by atoms with Crippen molar-refractivity contribution in [3.63, 3.8) is 0 Å². The molecule has 5 rings (SSSR count). The third-order valence-electron chi connectivity index (χ3n) is 10.9. The van der Waals surface area contributed by atoms with Gasteiger partial charge in [-0.05, 0) is 0 Å². The van der Waals surface area contributed by atoms with Crippen LogP contribution in [-0.4, -0.2) is 16.6 Å². The Morgan fingerprint density at radius 1 is 0.538 bits per heavy atom. The Kier molecular flexibility index (Phi) is 10.3. The summed E-state index contributed by atoms with van der Waals surface area (Å²) in [7, 11) is -3.79. The molecule has 1 heterocycles. The maximum absolute atomic E-state index is 7.41. The summed E-state index contributed by atoms with van der Waals surface area (Å²) in [5.74, 6) is 3.00. The van der Waals surface area contributed by atoms with Gasteiger partial charge in [-0.25, -0.2) is 0 Å². The molecule has 5 aliphatic rings. The molecule has 4 aliphatic carbocycles. The quantitative estimate of drug-likeness (QED) is 0.384. The molecule has 39 heavy (non-hydrogen) atoms. The molecule has 0 fully saturated rings.